The van der Waals surface area contributed by atoms with Crippen molar-refractivity contribution in [2.24, 2.45) is 11.5 Å². The largest absolute Gasteiger partial charge is 0.370 e. The van der Waals surface area contributed by atoms with Crippen LogP contribution in [0.2, 0.25) is 5.02 Å². The fourth-order valence-electron chi connectivity index (χ4n) is 1.74. The van der Waals surface area contributed by atoms with E-state index in [9.17, 15) is 9.59 Å². The van der Waals surface area contributed by atoms with Crippen LogP contribution in [0.25, 0.3) is 0 Å². The number of amides is 2. The highest BCUT2D eigenvalue weighted by atomic mass is 35.5. The van der Waals surface area contributed by atoms with Gasteiger partial charge in [0.15, 0.2) is 0 Å². The topological polar surface area (TPSA) is 89.4 Å². The number of nitrogens with zero attached hydrogens (tertiary/aromatic N) is 1. The molecule has 0 aliphatic heterocycles. The van der Waals surface area contributed by atoms with Crippen LogP contribution in [0.4, 0.5) is 0 Å². The predicted octanol–water partition coefficient (Wildman–Crippen LogP) is 0.891. The van der Waals surface area contributed by atoms with Crippen molar-refractivity contribution in [2.75, 3.05) is 6.54 Å². The maximum Gasteiger partial charge on any atom is 0.240 e. The van der Waals surface area contributed by atoms with Crippen molar-refractivity contribution in [3.63, 3.8) is 0 Å². The van der Waals surface area contributed by atoms with Crippen LogP contribution >= 0.6 is 11.6 Å². The Labute approximate surface area is 117 Å². The van der Waals surface area contributed by atoms with Crippen LogP contribution in [-0.4, -0.2) is 29.3 Å². The highest BCUT2D eigenvalue weighted by Gasteiger charge is 2.21. The Kier molecular flexibility index (Phi) is 5.79. The molecule has 1 rings (SSSR count). The van der Waals surface area contributed by atoms with Crippen LogP contribution in [0.1, 0.15) is 18.9 Å². The van der Waals surface area contributed by atoms with Gasteiger partial charge < -0.3 is 16.4 Å². The molecule has 0 bridgehead atoms. The van der Waals surface area contributed by atoms with Crippen molar-refractivity contribution >= 4 is 23.4 Å². The minimum absolute atomic E-state index is 0.148. The minimum atomic E-state index is -0.892. The summed E-state index contributed by atoms with van der Waals surface area (Å²) in [6.45, 7) is 2.75. The van der Waals surface area contributed by atoms with Gasteiger partial charge in [-0.05, 0) is 24.6 Å². The van der Waals surface area contributed by atoms with E-state index >= 15 is 0 Å². The van der Waals surface area contributed by atoms with E-state index in [2.05, 4.69) is 0 Å². The van der Waals surface area contributed by atoms with Gasteiger partial charge in [-0.2, -0.15) is 0 Å². The SMILES string of the molecule is CCN(Cc1cccc(Cl)c1)C(=O)C(N)CC(N)=O. The summed E-state index contributed by atoms with van der Waals surface area (Å²) in [4.78, 5) is 24.4. The molecule has 1 aromatic carbocycles. The van der Waals surface area contributed by atoms with Gasteiger partial charge in [0.25, 0.3) is 0 Å². The zero-order valence-electron chi connectivity index (χ0n) is 10.8. The summed E-state index contributed by atoms with van der Waals surface area (Å²) in [5.74, 6) is -0.874. The van der Waals surface area contributed by atoms with Crippen LogP contribution in [0.3, 0.4) is 0 Å². The average molecular weight is 284 g/mol. The van der Waals surface area contributed by atoms with Gasteiger partial charge in [0.05, 0.1) is 12.5 Å². The fourth-order valence-corrected chi connectivity index (χ4v) is 1.95. The Bertz CT molecular complexity index is 465. The first-order chi connectivity index (χ1) is 8.93. The molecule has 0 saturated heterocycles. The van der Waals surface area contributed by atoms with Gasteiger partial charge in [0, 0.05) is 18.1 Å². The first-order valence-electron chi connectivity index (χ1n) is 6.01. The van der Waals surface area contributed by atoms with Crippen LogP contribution in [0, 0.1) is 0 Å². The first kappa shape index (κ1) is 15.5. The van der Waals surface area contributed by atoms with Gasteiger partial charge >= 0.3 is 0 Å². The number of carbonyl (C=O) groups is 2. The van der Waals surface area contributed by atoms with E-state index in [1.54, 1.807) is 17.0 Å². The van der Waals surface area contributed by atoms with Crippen molar-refractivity contribution in [3.05, 3.63) is 34.9 Å². The Hall–Kier alpha value is -1.59. The highest BCUT2D eigenvalue weighted by Crippen LogP contribution is 2.13. The number of rotatable bonds is 6. The van der Waals surface area contributed by atoms with E-state index in [1.807, 2.05) is 19.1 Å². The molecule has 6 heteroatoms. The van der Waals surface area contributed by atoms with Crippen LogP contribution in [-0.2, 0) is 16.1 Å². The number of carbonyl (C=O) groups excluding carboxylic acids is 2. The maximum atomic E-state index is 12.1. The average Bonchev–Trinajstić information content (AvgIpc) is 2.34. The van der Waals surface area contributed by atoms with Crippen molar-refractivity contribution in [3.8, 4) is 0 Å². The number of nitrogens with two attached hydrogens (primary N) is 2. The second-order valence-electron chi connectivity index (χ2n) is 4.26. The summed E-state index contributed by atoms with van der Waals surface area (Å²) in [6, 6.07) is 6.36. The van der Waals surface area contributed by atoms with E-state index in [4.69, 9.17) is 23.1 Å². The van der Waals surface area contributed by atoms with Gasteiger partial charge in [0.1, 0.15) is 0 Å². The number of likely N-dealkylation sites (N-methyl/N-ethyl adjacent to an activating group) is 1. The third-order valence-electron chi connectivity index (χ3n) is 2.69. The molecule has 0 radical (unpaired) electrons. The molecule has 4 N–H and O–H groups in total. The number of halogens is 1. The van der Waals surface area contributed by atoms with Crippen LogP contribution in [0.15, 0.2) is 24.3 Å². The van der Waals surface area contributed by atoms with Gasteiger partial charge in [-0.15, -0.1) is 0 Å². The number of hydrogen-bond acceptors (Lipinski definition) is 3. The number of benzene rings is 1. The van der Waals surface area contributed by atoms with E-state index in [0.29, 0.717) is 18.1 Å². The summed E-state index contributed by atoms with van der Waals surface area (Å²) >= 11 is 5.89. The van der Waals surface area contributed by atoms with Gasteiger partial charge in [-0.3, -0.25) is 9.59 Å². The lowest BCUT2D eigenvalue weighted by Gasteiger charge is -2.24. The fraction of sp³-hybridized carbons (Fsp3) is 0.385. The predicted molar refractivity (Wildman–Crippen MR) is 74.3 cm³/mol. The zero-order valence-corrected chi connectivity index (χ0v) is 11.6. The molecule has 0 aromatic heterocycles. The van der Waals surface area contributed by atoms with Crippen molar-refractivity contribution in [2.45, 2.75) is 25.9 Å². The maximum absolute atomic E-state index is 12.1. The van der Waals surface area contributed by atoms with E-state index in [0.717, 1.165) is 5.56 Å². The van der Waals surface area contributed by atoms with Crippen molar-refractivity contribution < 1.29 is 9.59 Å². The quantitative estimate of drug-likeness (QED) is 0.812. The Morgan fingerprint density at radius 1 is 1.42 bits per heavy atom. The molecular weight excluding hydrogens is 266 g/mol. The standard InChI is InChI=1S/C13H18ClN3O2/c1-2-17(13(19)11(15)7-12(16)18)8-9-4-3-5-10(14)6-9/h3-6,11H,2,7-8,15H2,1H3,(H2,16,18). The monoisotopic (exact) mass is 283 g/mol. The highest BCUT2D eigenvalue weighted by molar-refractivity contribution is 6.30. The summed E-state index contributed by atoms with van der Waals surface area (Å²) < 4.78 is 0. The normalized spacial score (nSPS) is 11.9. The van der Waals surface area contributed by atoms with E-state index in [1.165, 1.54) is 0 Å². The molecule has 19 heavy (non-hydrogen) atoms. The van der Waals surface area contributed by atoms with Crippen LogP contribution < -0.4 is 11.5 Å². The molecule has 0 fully saturated rings. The van der Waals surface area contributed by atoms with Crippen molar-refractivity contribution in [1.29, 1.82) is 0 Å². The summed E-state index contributed by atoms with van der Waals surface area (Å²) in [6.07, 6.45) is -0.148. The molecule has 1 unspecified atom stereocenters. The molecule has 2 amide bonds. The number of primary amides is 1. The van der Waals surface area contributed by atoms with E-state index < -0.39 is 11.9 Å². The third-order valence-corrected chi connectivity index (χ3v) is 2.93. The Morgan fingerprint density at radius 2 is 2.11 bits per heavy atom. The molecule has 0 aliphatic rings. The first-order valence-corrected chi connectivity index (χ1v) is 6.39. The Morgan fingerprint density at radius 3 is 2.63 bits per heavy atom. The van der Waals surface area contributed by atoms with Gasteiger partial charge in [-0.1, -0.05) is 23.7 Å². The molecule has 0 spiro atoms. The molecule has 1 atom stereocenters. The second kappa shape index (κ2) is 7.11. The number of hydrogen-bond donors (Lipinski definition) is 2. The van der Waals surface area contributed by atoms with E-state index in [-0.39, 0.29) is 12.3 Å². The molecule has 0 aliphatic carbocycles. The summed E-state index contributed by atoms with van der Waals surface area (Å²) in [5.41, 5.74) is 11.6. The lowest BCUT2D eigenvalue weighted by molar-refractivity contribution is -0.135. The van der Waals surface area contributed by atoms with Crippen LogP contribution in [0.5, 0.6) is 0 Å². The summed E-state index contributed by atoms with van der Waals surface area (Å²) in [5, 5.41) is 0.613. The zero-order chi connectivity index (χ0) is 14.4. The molecule has 5 nitrogen and oxygen atoms in total. The third kappa shape index (κ3) is 4.89. The lowest BCUT2D eigenvalue weighted by Crippen LogP contribution is -2.45. The molecule has 0 heterocycles. The second-order valence-corrected chi connectivity index (χ2v) is 4.70. The van der Waals surface area contributed by atoms with Crippen molar-refractivity contribution in [1.82, 2.24) is 4.90 Å². The molecular formula is C13H18ClN3O2. The lowest BCUT2D eigenvalue weighted by atomic mass is 10.1. The summed E-state index contributed by atoms with van der Waals surface area (Å²) in [7, 11) is 0. The molecule has 104 valence electrons. The minimum Gasteiger partial charge on any atom is -0.370 e. The molecule has 0 saturated carbocycles. The Balaban J connectivity index is 2.72. The smallest absolute Gasteiger partial charge is 0.240 e. The molecule has 1 aromatic rings. The van der Waals surface area contributed by atoms with Gasteiger partial charge in [0.2, 0.25) is 11.8 Å². The van der Waals surface area contributed by atoms with Gasteiger partial charge in [-0.25, -0.2) is 0 Å².